The van der Waals surface area contributed by atoms with Gasteiger partial charge in [0.05, 0.1) is 5.51 Å². The Morgan fingerprint density at radius 3 is 2.68 bits per heavy atom. The van der Waals surface area contributed by atoms with E-state index >= 15 is 0 Å². The Hall–Kier alpha value is -0.450. The fourth-order valence-corrected chi connectivity index (χ4v) is 3.86. The number of rotatable bonds is 7. The number of likely N-dealkylation sites (tertiary alicyclic amines) is 1. The van der Waals surface area contributed by atoms with Crippen LogP contribution in [0.3, 0.4) is 0 Å². The van der Waals surface area contributed by atoms with Gasteiger partial charge in [-0.25, -0.2) is 0 Å². The largest absolute Gasteiger partial charge is 0.312 e. The second-order valence-electron chi connectivity index (χ2n) is 5.69. The molecule has 1 N–H and O–H groups in total. The van der Waals surface area contributed by atoms with Crippen molar-refractivity contribution < 1.29 is 0 Å². The van der Waals surface area contributed by atoms with Gasteiger partial charge >= 0.3 is 0 Å². The lowest BCUT2D eigenvalue weighted by molar-refractivity contribution is 0.0850. The maximum atomic E-state index is 4.22. The quantitative estimate of drug-likeness (QED) is 0.833. The lowest BCUT2D eigenvalue weighted by Gasteiger charge is -2.45. The molecule has 0 radical (unpaired) electrons. The summed E-state index contributed by atoms with van der Waals surface area (Å²) in [7, 11) is 0. The van der Waals surface area contributed by atoms with Crippen LogP contribution in [0.4, 0.5) is 0 Å². The Labute approximate surface area is 121 Å². The fraction of sp³-hybridized carbons (Fsp3) is 0.800. The average molecular weight is 281 g/mol. The van der Waals surface area contributed by atoms with Gasteiger partial charge in [-0.2, -0.15) is 0 Å². The molecule has 0 aromatic carbocycles. The number of likely N-dealkylation sites (N-methyl/N-ethyl adjacent to an activating group) is 1. The molecule has 0 spiro atoms. The molecule has 19 heavy (non-hydrogen) atoms. The zero-order valence-corrected chi connectivity index (χ0v) is 13.3. The van der Waals surface area contributed by atoms with Crippen LogP contribution < -0.4 is 5.32 Å². The van der Waals surface area contributed by atoms with Crippen LogP contribution in [0.1, 0.15) is 44.9 Å². The van der Waals surface area contributed by atoms with E-state index in [9.17, 15) is 0 Å². The number of aromatic nitrogens is 1. The van der Waals surface area contributed by atoms with Crippen molar-refractivity contribution in [3.63, 3.8) is 0 Å². The predicted octanol–water partition coefficient (Wildman–Crippen LogP) is 2.93. The van der Waals surface area contributed by atoms with E-state index in [0.717, 1.165) is 13.0 Å². The smallest absolute Gasteiger partial charge is 0.0794 e. The fourth-order valence-electron chi connectivity index (χ4n) is 3.22. The van der Waals surface area contributed by atoms with Crippen molar-refractivity contribution in [1.29, 1.82) is 0 Å². The van der Waals surface area contributed by atoms with Crippen LogP contribution in [-0.4, -0.2) is 41.1 Å². The number of nitrogens with one attached hydrogen (secondary N) is 1. The predicted molar refractivity (Wildman–Crippen MR) is 82.8 cm³/mol. The van der Waals surface area contributed by atoms with Gasteiger partial charge in [0, 0.05) is 29.1 Å². The zero-order valence-electron chi connectivity index (χ0n) is 12.5. The van der Waals surface area contributed by atoms with E-state index in [-0.39, 0.29) is 5.54 Å². The highest BCUT2D eigenvalue weighted by Gasteiger charge is 2.39. The van der Waals surface area contributed by atoms with Crippen LogP contribution >= 0.6 is 11.3 Å². The summed E-state index contributed by atoms with van der Waals surface area (Å²) in [5.41, 5.74) is 2.20. The Kier molecular flexibility index (Phi) is 5.37. The van der Waals surface area contributed by atoms with Crippen LogP contribution in [0, 0.1) is 0 Å². The number of thiazole rings is 1. The minimum absolute atomic E-state index is 0.260. The molecular formula is C15H27N3S. The first-order chi connectivity index (χ1) is 9.20. The molecule has 2 atom stereocenters. The van der Waals surface area contributed by atoms with Gasteiger partial charge < -0.3 is 5.32 Å². The molecule has 1 aliphatic heterocycles. The van der Waals surface area contributed by atoms with Crippen LogP contribution in [-0.2, 0) is 6.42 Å². The van der Waals surface area contributed by atoms with Gasteiger partial charge in [-0.1, -0.05) is 13.8 Å². The highest BCUT2D eigenvalue weighted by atomic mass is 32.1. The molecule has 0 bridgehead atoms. The maximum Gasteiger partial charge on any atom is 0.0794 e. The Morgan fingerprint density at radius 1 is 1.42 bits per heavy atom. The van der Waals surface area contributed by atoms with Gasteiger partial charge in [-0.15, -0.1) is 11.3 Å². The topological polar surface area (TPSA) is 28.2 Å². The second-order valence-corrected chi connectivity index (χ2v) is 6.66. The Bertz CT molecular complexity index is 359. The van der Waals surface area contributed by atoms with Gasteiger partial charge in [0.25, 0.3) is 0 Å². The van der Waals surface area contributed by atoms with E-state index < -0.39 is 0 Å². The third kappa shape index (κ3) is 3.36. The molecule has 4 heteroatoms. The summed E-state index contributed by atoms with van der Waals surface area (Å²) in [4.78, 5) is 8.31. The summed E-state index contributed by atoms with van der Waals surface area (Å²) in [6.07, 6.45) is 7.03. The van der Waals surface area contributed by atoms with E-state index in [0.29, 0.717) is 6.04 Å². The van der Waals surface area contributed by atoms with E-state index in [1.165, 1.54) is 37.2 Å². The third-order valence-electron chi connectivity index (χ3n) is 4.63. The number of nitrogens with zero attached hydrogens (tertiary/aromatic N) is 2. The van der Waals surface area contributed by atoms with Gasteiger partial charge in [0.2, 0.25) is 0 Å². The lowest BCUT2D eigenvalue weighted by atomic mass is 9.85. The molecule has 2 unspecified atom stereocenters. The molecule has 1 aromatic heterocycles. The molecule has 1 saturated heterocycles. The van der Waals surface area contributed by atoms with E-state index in [2.05, 4.69) is 36.0 Å². The van der Waals surface area contributed by atoms with Crippen LogP contribution in [0.25, 0.3) is 0 Å². The molecule has 3 nitrogen and oxygen atoms in total. The molecule has 2 rings (SSSR count). The first-order valence-corrected chi connectivity index (χ1v) is 8.44. The van der Waals surface area contributed by atoms with Crippen LogP contribution in [0.15, 0.2) is 11.7 Å². The summed E-state index contributed by atoms with van der Waals surface area (Å²) < 4.78 is 0. The molecule has 2 heterocycles. The highest BCUT2D eigenvalue weighted by Crippen LogP contribution is 2.30. The SMILES string of the molecule is CCNC(Cc1cncs1)C(C)(CC)N1CCCC1. The van der Waals surface area contributed by atoms with Crippen molar-refractivity contribution in [2.75, 3.05) is 19.6 Å². The normalized spacial score (nSPS) is 21.4. The van der Waals surface area contributed by atoms with Crippen molar-refractivity contribution >= 4 is 11.3 Å². The molecular weight excluding hydrogens is 254 g/mol. The average Bonchev–Trinajstić information content (AvgIpc) is 3.10. The first-order valence-electron chi connectivity index (χ1n) is 7.56. The minimum Gasteiger partial charge on any atom is -0.312 e. The summed E-state index contributed by atoms with van der Waals surface area (Å²) in [5, 5.41) is 3.73. The molecule has 1 aromatic rings. The van der Waals surface area contributed by atoms with Crippen LogP contribution in [0.5, 0.6) is 0 Å². The summed E-state index contributed by atoms with van der Waals surface area (Å²) in [5.74, 6) is 0. The summed E-state index contributed by atoms with van der Waals surface area (Å²) in [6.45, 7) is 10.5. The monoisotopic (exact) mass is 281 g/mol. The van der Waals surface area contributed by atoms with Crippen molar-refractivity contribution in [3.8, 4) is 0 Å². The van der Waals surface area contributed by atoms with E-state index in [4.69, 9.17) is 0 Å². The summed E-state index contributed by atoms with van der Waals surface area (Å²) >= 11 is 1.78. The standard InChI is InChI=1S/C15H27N3S/c1-4-15(3,18-8-6-7-9-18)14(17-5-2)10-13-11-16-12-19-13/h11-12,14,17H,4-10H2,1-3H3. The lowest BCUT2D eigenvalue weighted by Crippen LogP contribution is -2.59. The van der Waals surface area contributed by atoms with Gasteiger partial charge in [0.15, 0.2) is 0 Å². The minimum atomic E-state index is 0.260. The zero-order chi connectivity index (χ0) is 13.7. The Balaban J connectivity index is 2.14. The van der Waals surface area contributed by atoms with Crippen molar-refractivity contribution in [2.45, 2.75) is 58.0 Å². The Morgan fingerprint density at radius 2 is 2.16 bits per heavy atom. The molecule has 1 aliphatic rings. The summed E-state index contributed by atoms with van der Waals surface area (Å²) in [6, 6.07) is 0.515. The van der Waals surface area contributed by atoms with Crippen molar-refractivity contribution in [3.05, 3.63) is 16.6 Å². The molecule has 1 fully saturated rings. The van der Waals surface area contributed by atoms with E-state index in [1.54, 1.807) is 11.3 Å². The first kappa shape index (κ1) is 14.9. The number of hydrogen-bond acceptors (Lipinski definition) is 4. The second kappa shape index (κ2) is 6.82. The number of hydrogen-bond donors (Lipinski definition) is 1. The third-order valence-corrected chi connectivity index (χ3v) is 5.44. The van der Waals surface area contributed by atoms with Crippen LogP contribution in [0.2, 0.25) is 0 Å². The molecule has 108 valence electrons. The van der Waals surface area contributed by atoms with Crippen molar-refractivity contribution in [2.24, 2.45) is 0 Å². The molecule has 0 aliphatic carbocycles. The molecule has 0 amide bonds. The maximum absolute atomic E-state index is 4.22. The highest BCUT2D eigenvalue weighted by molar-refractivity contribution is 7.09. The van der Waals surface area contributed by atoms with E-state index in [1.807, 2.05) is 11.7 Å². The van der Waals surface area contributed by atoms with Gasteiger partial charge in [-0.3, -0.25) is 9.88 Å². The van der Waals surface area contributed by atoms with Gasteiger partial charge in [0.1, 0.15) is 0 Å². The van der Waals surface area contributed by atoms with Gasteiger partial charge in [-0.05, 0) is 45.8 Å². The van der Waals surface area contributed by atoms with Crippen molar-refractivity contribution in [1.82, 2.24) is 15.2 Å². The molecule has 0 saturated carbocycles.